The number of ether oxygens (including phenoxy) is 1. The van der Waals surface area contributed by atoms with Crippen molar-refractivity contribution in [2.24, 2.45) is 5.92 Å². The summed E-state index contributed by atoms with van der Waals surface area (Å²) >= 11 is 0. The van der Waals surface area contributed by atoms with Crippen molar-refractivity contribution in [3.63, 3.8) is 0 Å². The molecule has 0 unspecified atom stereocenters. The number of hydrogen-bond acceptors (Lipinski definition) is 7. The Bertz CT molecular complexity index is 1810. The first kappa shape index (κ1) is 32.4. The number of nitrogens with zero attached hydrogens (tertiary/aromatic N) is 3. The summed E-state index contributed by atoms with van der Waals surface area (Å²) in [4.78, 5) is 59.4. The molecule has 0 radical (unpaired) electrons. The average molecular weight is 625 g/mol. The lowest BCUT2D eigenvalue weighted by molar-refractivity contribution is -0.119. The van der Waals surface area contributed by atoms with E-state index in [1.54, 1.807) is 50.2 Å². The number of anilines is 2. The van der Waals surface area contributed by atoms with E-state index >= 15 is 0 Å². The predicted octanol–water partition coefficient (Wildman–Crippen LogP) is 5.74. The second-order valence-corrected chi connectivity index (χ2v) is 11.4. The molecular weight excluding hydrogens is 587 g/mol. The number of carbonyl (C=O) groups is 3. The first-order chi connectivity index (χ1) is 22.2. The second kappa shape index (κ2) is 14.4. The number of hydrogen-bond donors (Lipinski definition) is 1. The molecule has 9 nitrogen and oxygen atoms in total. The van der Waals surface area contributed by atoms with Crippen molar-refractivity contribution in [1.29, 1.82) is 0 Å². The number of Topliss-reactive ketones (excluding diaryl/α,β-unsaturated/α-hetero) is 1. The van der Waals surface area contributed by atoms with Gasteiger partial charge in [-0.25, -0.2) is 9.37 Å². The molecule has 2 heterocycles. The lowest BCUT2D eigenvalue weighted by Crippen LogP contribution is -2.36. The molecule has 3 aromatic carbocycles. The lowest BCUT2D eigenvalue weighted by atomic mass is 9.99. The summed E-state index contributed by atoms with van der Waals surface area (Å²) < 4.78 is 20.7. The van der Waals surface area contributed by atoms with Gasteiger partial charge in [-0.1, -0.05) is 39.0 Å². The van der Waals surface area contributed by atoms with Gasteiger partial charge in [0.25, 0.3) is 5.56 Å². The molecule has 1 aromatic heterocycles. The van der Waals surface area contributed by atoms with Crippen LogP contribution >= 0.6 is 0 Å². The van der Waals surface area contributed by atoms with Crippen molar-refractivity contribution >= 4 is 29.0 Å². The second-order valence-electron chi connectivity index (χ2n) is 11.4. The Balaban J connectivity index is 1.64. The van der Waals surface area contributed by atoms with Crippen LogP contribution in [-0.2, 0) is 16.1 Å². The summed E-state index contributed by atoms with van der Waals surface area (Å²) in [6.45, 7) is 7.79. The maximum absolute atomic E-state index is 14.0. The number of aromatic nitrogens is 2. The van der Waals surface area contributed by atoms with E-state index in [-0.39, 0.29) is 35.8 Å². The van der Waals surface area contributed by atoms with Crippen LogP contribution in [0.4, 0.5) is 15.9 Å². The molecule has 10 heteroatoms. The quantitative estimate of drug-likeness (QED) is 0.212. The van der Waals surface area contributed by atoms with E-state index in [0.717, 1.165) is 5.69 Å². The molecule has 1 fully saturated rings. The summed E-state index contributed by atoms with van der Waals surface area (Å²) in [7, 11) is 0. The number of rotatable bonds is 11. The van der Waals surface area contributed by atoms with E-state index in [9.17, 15) is 23.6 Å². The van der Waals surface area contributed by atoms with Gasteiger partial charge in [0.05, 0.1) is 31.6 Å². The maximum atomic E-state index is 14.0. The number of nitrogens with one attached hydrogen (secondary N) is 1. The Morgan fingerprint density at radius 1 is 0.957 bits per heavy atom. The Hall–Kier alpha value is -4.96. The number of amides is 1. The van der Waals surface area contributed by atoms with Crippen LogP contribution in [0.1, 0.15) is 65.5 Å². The first-order valence-corrected chi connectivity index (χ1v) is 15.5. The third-order valence-corrected chi connectivity index (χ3v) is 8.22. The van der Waals surface area contributed by atoms with Crippen LogP contribution in [0.25, 0.3) is 11.3 Å². The van der Waals surface area contributed by atoms with Gasteiger partial charge in [-0.05, 0) is 60.5 Å². The topological polar surface area (TPSA) is 111 Å². The lowest BCUT2D eigenvalue weighted by Gasteiger charge is -2.29. The minimum Gasteiger partial charge on any atom is -0.378 e. The van der Waals surface area contributed by atoms with Crippen molar-refractivity contribution < 1.29 is 23.5 Å². The Morgan fingerprint density at radius 2 is 1.70 bits per heavy atom. The maximum Gasteiger partial charge on any atom is 0.294 e. The van der Waals surface area contributed by atoms with E-state index in [0.29, 0.717) is 72.7 Å². The van der Waals surface area contributed by atoms with Crippen LogP contribution in [0.15, 0.2) is 77.7 Å². The van der Waals surface area contributed by atoms with Crippen LogP contribution in [0.3, 0.4) is 0 Å². The molecule has 1 aliphatic rings. The Morgan fingerprint density at radius 3 is 2.39 bits per heavy atom. The number of halogens is 1. The van der Waals surface area contributed by atoms with Gasteiger partial charge in [0.15, 0.2) is 17.4 Å². The van der Waals surface area contributed by atoms with Gasteiger partial charge >= 0.3 is 0 Å². The molecule has 1 N–H and O–H groups in total. The van der Waals surface area contributed by atoms with Crippen LogP contribution in [0.2, 0.25) is 0 Å². The molecule has 0 bridgehead atoms. The summed E-state index contributed by atoms with van der Waals surface area (Å²) in [6.07, 6.45) is 2.43. The Labute approximate surface area is 267 Å². The van der Waals surface area contributed by atoms with E-state index < -0.39 is 11.4 Å². The number of morpholine rings is 1. The van der Waals surface area contributed by atoms with Gasteiger partial charge in [0, 0.05) is 53.4 Å². The molecule has 238 valence electrons. The molecule has 4 aromatic rings. The highest BCUT2D eigenvalue weighted by atomic mass is 19.1. The zero-order valence-corrected chi connectivity index (χ0v) is 26.2. The third-order valence-electron chi connectivity index (χ3n) is 8.22. The number of carbonyl (C=O) groups excluding carboxylic acids is 3. The highest BCUT2D eigenvalue weighted by molar-refractivity contribution is 6.09. The molecular formula is C36H37FN4O5. The normalized spacial score (nSPS) is 13.7. The van der Waals surface area contributed by atoms with Crippen molar-refractivity contribution in [1.82, 2.24) is 9.55 Å². The van der Waals surface area contributed by atoms with Crippen molar-refractivity contribution in [3.05, 3.63) is 111 Å². The fourth-order valence-corrected chi connectivity index (χ4v) is 5.29. The molecule has 1 saturated heterocycles. The number of benzene rings is 3. The van der Waals surface area contributed by atoms with Crippen LogP contribution < -0.4 is 15.8 Å². The van der Waals surface area contributed by atoms with Gasteiger partial charge in [-0.3, -0.25) is 23.7 Å². The standard InChI is InChI=1S/C36H37FN4O5/c1-4-23(3)35(44)39-34-36(45)41(31(21-38-34)26-7-6-8-27(19-26)32(42)5-2)22-24-17-28(33(43)25-9-11-29(37)12-10-25)20-30(18-24)40-13-15-46-16-14-40/h6-12,17-21,23H,4-5,13-16,22H2,1-3H3,(H,38,39,44)/t23-/m1/s1. The fraction of sp³-hybridized carbons (Fsp3) is 0.306. The van der Waals surface area contributed by atoms with Gasteiger partial charge < -0.3 is 15.0 Å². The molecule has 1 aliphatic heterocycles. The van der Waals surface area contributed by atoms with Crippen molar-refractivity contribution in [3.8, 4) is 11.3 Å². The van der Waals surface area contributed by atoms with E-state index in [1.165, 1.54) is 35.0 Å². The highest BCUT2D eigenvalue weighted by Gasteiger charge is 2.21. The summed E-state index contributed by atoms with van der Waals surface area (Å²) in [5.74, 6) is -1.51. The van der Waals surface area contributed by atoms with Gasteiger partial charge in [-0.15, -0.1) is 0 Å². The molecule has 5 rings (SSSR count). The predicted molar refractivity (Wildman–Crippen MR) is 175 cm³/mol. The monoisotopic (exact) mass is 624 g/mol. The molecule has 1 amide bonds. The van der Waals surface area contributed by atoms with Gasteiger partial charge in [0.2, 0.25) is 5.91 Å². The SMILES string of the molecule is CCC(=O)c1cccc(-c2cnc(NC(=O)[C@H](C)CC)c(=O)n2Cc2cc(C(=O)c3ccc(F)cc3)cc(N3CCOCC3)c2)c1. The third kappa shape index (κ3) is 7.29. The minimum atomic E-state index is -0.524. The van der Waals surface area contributed by atoms with Crippen molar-refractivity contribution in [2.45, 2.75) is 40.2 Å². The van der Waals surface area contributed by atoms with Crippen LogP contribution in [-0.4, -0.2) is 53.3 Å². The molecule has 0 spiro atoms. The van der Waals surface area contributed by atoms with E-state index in [4.69, 9.17) is 4.74 Å². The van der Waals surface area contributed by atoms with E-state index in [2.05, 4.69) is 15.2 Å². The van der Waals surface area contributed by atoms with Crippen LogP contribution in [0.5, 0.6) is 0 Å². The van der Waals surface area contributed by atoms with Gasteiger partial charge in [-0.2, -0.15) is 0 Å². The minimum absolute atomic E-state index is 0.0384. The molecule has 46 heavy (non-hydrogen) atoms. The Kier molecular flexibility index (Phi) is 10.2. The van der Waals surface area contributed by atoms with Crippen LogP contribution in [0, 0.1) is 11.7 Å². The molecule has 1 atom stereocenters. The molecule has 0 saturated carbocycles. The zero-order valence-electron chi connectivity index (χ0n) is 26.2. The van der Waals surface area contributed by atoms with Gasteiger partial charge in [0.1, 0.15) is 5.82 Å². The summed E-state index contributed by atoms with van der Waals surface area (Å²) in [5.41, 5.74) is 3.20. The fourth-order valence-electron chi connectivity index (χ4n) is 5.29. The van der Waals surface area contributed by atoms with Crippen molar-refractivity contribution in [2.75, 3.05) is 36.5 Å². The first-order valence-electron chi connectivity index (χ1n) is 15.5. The smallest absolute Gasteiger partial charge is 0.294 e. The summed E-state index contributed by atoms with van der Waals surface area (Å²) in [5, 5.41) is 2.68. The average Bonchev–Trinajstić information content (AvgIpc) is 3.09. The highest BCUT2D eigenvalue weighted by Crippen LogP contribution is 2.26. The molecule has 0 aliphatic carbocycles. The zero-order chi connectivity index (χ0) is 32.8. The largest absolute Gasteiger partial charge is 0.378 e. The van der Waals surface area contributed by atoms with E-state index in [1.807, 2.05) is 13.0 Å². The summed E-state index contributed by atoms with van der Waals surface area (Å²) in [6, 6.07) is 17.8. The number of ketones is 2.